The van der Waals surface area contributed by atoms with Crippen LogP contribution >= 0.6 is 22.7 Å². The van der Waals surface area contributed by atoms with Crippen LogP contribution in [-0.2, 0) is 4.79 Å². The van der Waals surface area contributed by atoms with E-state index in [9.17, 15) is 4.79 Å². The maximum Gasteiger partial charge on any atom is 0.263 e. The molecule has 1 amide bonds. The number of hydrogen-bond acceptors (Lipinski definition) is 6. The Morgan fingerprint density at radius 1 is 1.18 bits per heavy atom. The molecule has 0 saturated carbocycles. The van der Waals surface area contributed by atoms with Gasteiger partial charge in [-0.05, 0) is 36.9 Å². The minimum atomic E-state index is -0.251. The fourth-order valence-corrected chi connectivity index (χ4v) is 4.22. The van der Waals surface area contributed by atoms with Crippen LogP contribution in [0.15, 0.2) is 53.2 Å². The maximum atomic E-state index is 12.4. The Hall–Kier alpha value is -2.97. The summed E-state index contributed by atoms with van der Waals surface area (Å²) in [5, 5.41) is 12.1. The summed E-state index contributed by atoms with van der Waals surface area (Å²) in [6, 6.07) is 13.4. The molecule has 0 radical (unpaired) electrons. The quantitative estimate of drug-likeness (QED) is 0.501. The summed E-state index contributed by atoms with van der Waals surface area (Å²) in [7, 11) is 0. The monoisotopic (exact) mass is 410 g/mol. The van der Waals surface area contributed by atoms with Gasteiger partial charge >= 0.3 is 0 Å². The lowest BCUT2D eigenvalue weighted by molar-refractivity contribution is -0.118. The molecule has 142 valence electrons. The number of ether oxygens (including phenoxy) is 1. The normalized spacial score (nSPS) is 10.8. The van der Waals surface area contributed by atoms with Crippen molar-refractivity contribution in [1.82, 2.24) is 14.8 Å². The lowest BCUT2D eigenvalue weighted by Crippen LogP contribution is -2.22. The largest absolute Gasteiger partial charge is 0.483 e. The number of carbonyl (C=O) groups is 1. The van der Waals surface area contributed by atoms with E-state index in [-0.39, 0.29) is 12.5 Å². The summed E-state index contributed by atoms with van der Waals surface area (Å²) in [6.45, 7) is 3.75. The third kappa shape index (κ3) is 3.97. The first-order chi connectivity index (χ1) is 13.6. The maximum absolute atomic E-state index is 12.4. The van der Waals surface area contributed by atoms with Gasteiger partial charge < -0.3 is 10.1 Å². The summed E-state index contributed by atoms with van der Waals surface area (Å²) in [6.07, 6.45) is 0. The molecule has 1 N–H and O–H groups in total. The van der Waals surface area contributed by atoms with Crippen molar-refractivity contribution in [2.45, 2.75) is 13.8 Å². The van der Waals surface area contributed by atoms with Gasteiger partial charge in [0.25, 0.3) is 5.91 Å². The first-order valence-electron chi connectivity index (χ1n) is 8.65. The summed E-state index contributed by atoms with van der Waals surface area (Å²) in [4.78, 5) is 18.1. The van der Waals surface area contributed by atoms with Crippen molar-refractivity contribution in [2.24, 2.45) is 0 Å². The van der Waals surface area contributed by atoms with Gasteiger partial charge in [0.1, 0.15) is 11.6 Å². The molecule has 0 fully saturated rings. The third-order valence-corrected chi connectivity index (χ3v) is 5.71. The number of amides is 1. The Balaban J connectivity index is 1.49. The molecule has 1 aromatic carbocycles. The molecule has 28 heavy (non-hydrogen) atoms. The van der Waals surface area contributed by atoms with Crippen LogP contribution in [0.1, 0.15) is 11.3 Å². The number of thiazole rings is 1. The van der Waals surface area contributed by atoms with Crippen molar-refractivity contribution in [3.63, 3.8) is 0 Å². The van der Waals surface area contributed by atoms with Crippen LogP contribution in [0, 0.1) is 13.8 Å². The molecule has 3 heterocycles. The van der Waals surface area contributed by atoms with Crippen molar-refractivity contribution < 1.29 is 9.53 Å². The number of aryl methyl sites for hydroxylation is 2. The molecule has 0 spiro atoms. The van der Waals surface area contributed by atoms with Crippen molar-refractivity contribution in [3.05, 3.63) is 64.5 Å². The van der Waals surface area contributed by atoms with Crippen LogP contribution < -0.4 is 10.1 Å². The van der Waals surface area contributed by atoms with Crippen LogP contribution in [0.25, 0.3) is 15.7 Å². The fourth-order valence-electron chi connectivity index (χ4n) is 2.67. The van der Waals surface area contributed by atoms with Gasteiger partial charge in [0.05, 0.1) is 16.3 Å². The average molecular weight is 411 g/mol. The van der Waals surface area contributed by atoms with Crippen molar-refractivity contribution in [1.29, 1.82) is 0 Å². The van der Waals surface area contributed by atoms with E-state index in [0.717, 1.165) is 21.8 Å². The number of carbonyl (C=O) groups excluding carboxylic acids is 1. The van der Waals surface area contributed by atoms with Gasteiger partial charge in [-0.3, -0.25) is 4.79 Å². The first kappa shape index (κ1) is 18.4. The fraction of sp³-hybridized carbons (Fsp3) is 0.150. The number of nitrogens with zero attached hydrogens (tertiary/aromatic N) is 3. The molecule has 4 aromatic rings. The van der Waals surface area contributed by atoms with Gasteiger partial charge in [-0.15, -0.1) is 22.7 Å². The van der Waals surface area contributed by atoms with Gasteiger partial charge in [-0.2, -0.15) is 9.78 Å². The Morgan fingerprint density at radius 2 is 2.04 bits per heavy atom. The predicted octanol–water partition coefficient (Wildman–Crippen LogP) is 4.69. The van der Waals surface area contributed by atoms with E-state index >= 15 is 0 Å². The van der Waals surface area contributed by atoms with Crippen LogP contribution in [0.3, 0.4) is 0 Å². The lowest BCUT2D eigenvalue weighted by Gasteiger charge is -2.09. The summed E-state index contributed by atoms with van der Waals surface area (Å²) in [5.74, 6) is 1.02. The summed E-state index contributed by atoms with van der Waals surface area (Å²) < 4.78 is 7.28. The lowest BCUT2D eigenvalue weighted by atomic mass is 10.2. The molecule has 0 aliphatic rings. The SMILES string of the molecule is Cc1cc(NC(=O)COc2ccccc2C)n(-c2nc(-c3cccs3)cs2)n1. The molecule has 0 unspecified atom stereocenters. The number of thiophene rings is 1. The number of aromatic nitrogens is 3. The zero-order valence-electron chi connectivity index (χ0n) is 15.4. The van der Waals surface area contributed by atoms with Gasteiger partial charge in [0.2, 0.25) is 5.13 Å². The highest BCUT2D eigenvalue weighted by Gasteiger charge is 2.15. The first-order valence-corrected chi connectivity index (χ1v) is 10.4. The van der Waals surface area contributed by atoms with E-state index < -0.39 is 0 Å². The van der Waals surface area contributed by atoms with Crippen LogP contribution in [0.4, 0.5) is 5.82 Å². The third-order valence-electron chi connectivity index (χ3n) is 4.00. The molecule has 0 aliphatic carbocycles. The van der Waals surface area contributed by atoms with Crippen LogP contribution in [-0.4, -0.2) is 27.3 Å². The minimum Gasteiger partial charge on any atom is -0.483 e. The highest BCUT2D eigenvalue weighted by Crippen LogP contribution is 2.29. The Labute approximate surface area is 170 Å². The number of benzene rings is 1. The van der Waals surface area contributed by atoms with E-state index in [0.29, 0.717) is 16.7 Å². The van der Waals surface area contributed by atoms with E-state index in [1.54, 1.807) is 16.0 Å². The summed E-state index contributed by atoms with van der Waals surface area (Å²) >= 11 is 3.12. The number of hydrogen-bond donors (Lipinski definition) is 1. The molecule has 0 bridgehead atoms. The molecule has 6 nitrogen and oxygen atoms in total. The molecule has 0 atom stereocenters. The molecule has 8 heteroatoms. The highest BCUT2D eigenvalue weighted by atomic mass is 32.1. The molecule has 4 rings (SSSR count). The second-order valence-corrected chi connectivity index (χ2v) is 7.96. The zero-order valence-corrected chi connectivity index (χ0v) is 17.0. The molecular weight excluding hydrogens is 392 g/mol. The highest BCUT2D eigenvalue weighted by molar-refractivity contribution is 7.15. The van der Waals surface area contributed by atoms with E-state index in [2.05, 4.69) is 15.4 Å². The standard InChI is InChI=1S/C20H18N4O2S2/c1-13-6-3-4-7-16(13)26-11-19(25)22-18-10-14(2)23-24(18)20-21-15(12-28-20)17-8-5-9-27-17/h3-10,12H,11H2,1-2H3,(H,22,25). The molecular formula is C20H18N4O2S2. The second-order valence-electron chi connectivity index (χ2n) is 6.18. The predicted molar refractivity (Wildman–Crippen MR) is 113 cm³/mol. The number of rotatable bonds is 6. The molecule has 3 aromatic heterocycles. The average Bonchev–Trinajstić information content (AvgIpc) is 3.41. The molecule has 0 aliphatic heterocycles. The van der Waals surface area contributed by atoms with Crippen LogP contribution in [0.2, 0.25) is 0 Å². The second kappa shape index (κ2) is 7.95. The van der Waals surface area contributed by atoms with Gasteiger partial charge in [0, 0.05) is 11.4 Å². The Morgan fingerprint density at radius 3 is 2.82 bits per heavy atom. The Bertz CT molecular complexity index is 1100. The van der Waals surface area contributed by atoms with Crippen LogP contribution in [0.5, 0.6) is 5.75 Å². The van der Waals surface area contributed by atoms with E-state index in [1.165, 1.54) is 11.3 Å². The number of anilines is 1. The summed E-state index contributed by atoms with van der Waals surface area (Å²) in [5.41, 5.74) is 2.69. The Kier molecular flexibility index (Phi) is 5.23. The van der Waals surface area contributed by atoms with E-state index in [4.69, 9.17) is 4.74 Å². The number of nitrogens with one attached hydrogen (secondary N) is 1. The topological polar surface area (TPSA) is 69.0 Å². The zero-order chi connectivity index (χ0) is 19.5. The van der Waals surface area contributed by atoms with Crippen molar-refractivity contribution >= 4 is 34.4 Å². The van der Waals surface area contributed by atoms with Crippen molar-refractivity contribution in [2.75, 3.05) is 11.9 Å². The molecule has 0 saturated heterocycles. The smallest absolute Gasteiger partial charge is 0.263 e. The van der Waals surface area contributed by atoms with Crippen molar-refractivity contribution in [3.8, 4) is 21.5 Å². The minimum absolute atomic E-state index is 0.0760. The number of para-hydroxylation sites is 1. The van der Waals surface area contributed by atoms with Gasteiger partial charge in [-0.25, -0.2) is 4.98 Å². The van der Waals surface area contributed by atoms with Gasteiger partial charge in [-0.1, -0.05) is 24.3 Å². The van der Waals surface area contributed by atoms with E-state index in [1.807, 2.05) is 67.1 Å². The van der Waals surface area contributed by atoms with Gasteiger partial charge in [0.15, 0.2) is 6.61 Å².